The van der Waals surface area contributed by atoms with Crippen LogP contribution in [0.4, 0.5) is 0 Å². The molecule has 1 atom stereocenters. The van der Waals surface area contributed by atoms with Crippen molar-refractivity contribution >= 4 is 17.2 Å². The summed E-state index contributed by atoms with van der Waals surface area (Å²) in [6.07, 6.45) is 3.79. The van der Waals surface area contributed by atoms with Gasteiger partial charge in [0.2, 0.25) is 0 Å². The molecule has 3 heterocycles. The Morgan fingerprint density at radius 3 is 2.86 bits per heavy atom. The van der Waals surface area contributed by atoms with Gasteiger partial charge in [-0.25, -0.2) is 4.98 Å². The number of aromatic nitrogens is 2. The Balaban J connectivity index is 1.74. The lowest BCUT2D eigenvalue weighted by Gasteiger charge is -2.36. The first-order valence-corrected chi connectivity index (χ1v) is 8.15. The zero-order chi connectivity index (χ0) is 14.9. The van der Waals surface area contributed by atoms with Crippen LogP contribution in [-0.4, -0.2) is 20.4 Å². The van der Waals surface area contributed by atoms with Gasteiger partial charge < -0.3 is 9.47 Å². The summed E-state index contributed by atoms with van der Waals surface area (Å²) in [6.45, 7) is 1.29. The highest BCUT2D eigenvalue weighted by Crippen LogP contribution is 2.30. The average molecular weight is 309 g/mol. The van der Waals surface area contributed by atoms with Crippen molar-refractivity contribution in [2.24, 2.45) is 0 Å². The lowest BCUT2D eigenvalue weighted by molar-refractivity contribution is 0.0585. The van der Waals surface area contributed by atoms with E-state index in [0.29, 0.717) is 6.54 Å². The van der Waals surface area contributed by atoms with Crippen LogP contribution in [0, 0.1) is 0 Å². The molecule has 22 heavy (non-hydrogen) atoms. The predicted molar refractivity (Wildman–Crippen MR) is 85.6 cm³/mol. The number of amides is 1. The zero-order valence-electron chi connectivity index (χ0n) is 11.9. The maximum Gasteiger partial charge on any atom is 0.255 e. The summed E-state index contributed by atoms with van der Waals surface area (Å²) in [6, 6.07) is 12.1. The van der Waals surface area contributed by atoms with Crippen LogP contribution in [0.1, 0.15) is 27.8 Å². The van der Waals surface area contributed by atoms with E-state index in [1.165, 1.54) is 0 Å². The standard InChI is InChI=1S/C17H15N3OS/c21-17(14-6-9-22-12-14)20-11-16-18-7-8-19(16)10-15(20)13-4-2-1-3-5-13/h1-9,12,15H,10-11H2/t15-/m0/s1. The van der Waals surface area contributed by atoms with Crippen LogP contribution in [-0.2, 0) is 13.1 Å². The van der Waals surface area contributed by atoms with Gasteiger partial charge in [0, 0.05) is 24.3 Å². The Hall–Kier alpha value is -2.40. The van der Waals surface area contributed by atoms with Crippen LogP contribution in [0.15, 0.2) is 59.6 Å². The Morgan fingerprint density at radius 2 is 2.09 bits per heavy atom. The smallest absolute Gasteiger partial charge is 0.255 e. The maximum absolute atomic E-state index is 12.9. The molecule has 0 N–H and O–H groups in total. The van der Waals surface area contributed by atoms with Gasteiger partial charge in [0.15, 0.2) is 0 Å². The van der Waals surface area contributed by atoms with Crippen molar-refractivity contribution < 1.29 is 4.79 Å². The average Bonchev–Trinajstić information content (AvgIpc) is 3.25. The molecule has 4 rings (SSSR count). The molecule has 0 saturated heterocycles. The molecule has 0 spiro atoms. The van der Waals surface area contributed by atoms with E-state index >= 15 is 0 Å². The SMILES string of the molecule is O=C(c1ccsc1)N1Cc2nccn2C[C@H]1c1ccccc1. The van der Waals surface area contributed by atoms with Crippen molar-refractivity contribution in [3.05, 3.63) is 76.5 Å². The minimum Gasteiger partial charge on any atom is -0.331 e. The van der Waals surface area contributed by atoms with Crippen molar-refractivity contribution in [2.75, 3.05) is 0 Å². The van der Waals surface area contributed by atoms with Crippen molar-refractivity contribution in [3.8, 4) is 0 Å². The van der Waals surface area contributed by atoms with Gasteiger partial charge in [-0.15, -0.1) is 0 Å². The number of nitrogens with zero attached hydrogens (tertiary/aromatic N) is 3. The van der Waals surface area contributed by atoms with Crippen LogP contribution in [0.3, 0.4) is 0 Å². The Morgan fingerprint density at radius 1 is 1.23 bits per heavy atom. The summed E-state index contributed by atoms with van der Waals surface area (Å²) in [4.78, 5) is 19.2. The normalized spacial score (nSPS) is 17.3. The lowest BCUT2D eigenvalue weighted by atomic mass is 10.0. The molecule has 5 heteroatoms. The highest BCUT2D eigenvalue weighted by Gasteiger charge is 2.32. The summed E-state index contributed by atoms with van der Waals surface area (Å²) in [5.74, 6) is 1.01. The minimum absolute atomic E-state index is 0.0373. The number of imidazole rings is 1. The van der Waals surface area contributed by atoms with E-state index in [9.17, 15) is 4.79 Å². The van der Waals surface area contributed by atoms with Crippen LogP contribution in [0.5, 0.6) is 0 Å². The van der Waals surface area contributed by atoms with Crippen molar-refractivity contribution in [1.82, 2.24) is 14.5 Å². The molecule has 0 unspecified atom stereocenters. The third kappa shape index (κ3) is 2.23. The number of fused-ring (bicyclic) bond motifs is 1. The van der Waals surface area contributed by atoms with Crippen molar-refractivity contribution in [3.63, 3.8) is 0 Å². The summed E-state index contributed by atoms with van der Waals surface area (Å²) < 4.78 is 2.13. The molecule has 110 valence electrons. The molecule has 1 aliphatic rings. The van der Waals surface area contributed by atoms with Gasteiger partial charge in [-0.05, 0) is 17.0 Å². The van der Waals surface area contributed by atoms with E-state index in [1.54, 1.807) is 17.5 Å². The van der Waals surface area contributed by atoms with Gasteiger partial charge >= 0.3 is 0 Å². The van der Waals surface area contributed by atoms with E-state index in [1.807, 2.05) is 46.1 Å². The third-order valence-electron chi connectivity index (χ3n) is 4.07. The molecule has 0 radical (unpaired) electrons. The summed E-state index contributed by atoms with van der Waals surface area (Å²) >= 11 is 1.55. The Labute approximate surface area is 132 Å². The molecular formula is C17H15N3OS. The van der Waals surface area contributed by atoms with Gasteiger partial charge in [-0.1, -0.05) is 30.3 Å². The molecule has 0 saturated carbocycles. The second-order valence-electron chi connectivity index (χ2n) is 5.37. The van der Waals surface area contributed by atoms with Crippen molar-refractivity contribution in [1.29, 1.82) is 0 Å². The predicted octanol–water partition coefficient (Wildman–Crippen LogP) is 3.34. The van der Waals surface area contributed by atoms with Crippen LogP contribution in [0.25, 0.3) is 0 Å². The highest BCUT2D eigenvalue weighted by atomic mass is 32.1. The van der Waals surface area contributed by atoms with Gasteiger partial charge in [0.05, 0.1) is 18.2 Å². The molecule has 3 aromatic rings. The fourth-order valence-corrected chi connectivity index (χ4v) is 3.56. The first-order chi connectivity index (χ1) is 10.8. The second kappa shape index (κ2) is 5.42. The number of hydrogen-bond donors (Lipinski definition) is 0. The molecule has 2 aromatic heterocycles. The lowest BCUT2D eigenvalue weighted by Crippen LogP contribution is -2.41. The molecular weight excluding hydrogens is 294 g/mol. The number of thiophene rings is 1. The number of rotatable bonds is 2. The zero-order valence-corrected chi connectivity index (χ0v) is 12.7. The fraction of sp³-hybridized carbons (Fsp3) is 0.176. The Bertz CT molecular complexity index is 779. The third-order valence-corrected chi connectivity index (χ3v) is 4.76. The summed E-state index contributed by atoms with van der Waals surface area (Å²) in [7, 11) is 0. The largest absolute Gasteiger partial charge is 0.331 e. The minimum atomic E-state index is 0.0373. The topological polar surface area (TPSA) is 38.1 Å². The molecule has 0 aliphatic carbocycles. The number of carbonyl (C=O) groups is 1. The van der Waals surface area contributed by atoms with Crippen molar-refractivity contribution in [2.45, 2.75) is 19.1 Å². The van der Waals surface area contributed by atoms with Gasteiger partial charge in [-0.3, -0.25) is 4.79 Å². The first-order valence-electron chi connectivity index (χ1n) is 7.21. The molecule has 1 aromatic carbocycles. The van der Waals surface area contributed by atoms with Crippen LogP contribution >= 0.6 is 11.3 Å². The number of hydrogen-bond acceptors (Lipinski definition) is 3. The van der Waals surface area contributed by atoms with E-state index in [4.69, 9.17) is 0 Å². The highest BCUT2D eigenvalue weighted by molar-refractivity contribution is 7.08. The molecule has 4 nitrogen and oxygen atoms in total. The van der Waals surface area contributed by atoms with E-state index in [-0.39, 0.29) is 11.9 Å². The molecule has 0 bridgehead atoms. The number of benzene rings is 1. The van der Waals surface area contributed by atoms with Gasteiger partial charge in [0.1, 0.15) is 5.82 Å². The fourth-order valence-electron chi connectivity index (χ4n) is 2.93. The van der Waals surface area contributed by atoms with E-state index < -0.39 is 0 Å². The van der Waals surface area contributed by atoms with Gasteiger partial charge in [0.25, 0.3) is 5.91 Å². The molecule has 0 fully saturated rings. The van der Waals surface area contributed by atoms with Crippen LogP contribution < -0.4 is 0 Å². The first kappa shape index (κ1) is 13.3. The van der Waals surface area contributed by atoms with Crippen LogP contribution in [0.2, 0.25) is 0 Å². The quantitative estimate of drug-likeness (QED) is 0.728. The van der Waals surface area contributed by atoms with E-state index in [2.05, 4.69) is 21.7 Å². The number of carbonyl (C=O) groups excluding carboxylic acids is 1. The second-order valence-corrected chi connectivity index (χ2v) is 6.15. The monoisotopic (exact) mass is 309 g/mol. The summed E-state index contributed by atoms with van der Waals surface area (Å²) in [5, 5.41) is 3.85. The molecule has 1 amide bonds. The Kier molecular flexibility index (Phi) is 3.27. The molecule has 1 aliphatic heterocycles. The van der Waals surface area contributed by atoms with E-state index in [0.717, 1.165) is 23.5 Å². The maximum atomic E-state index is 12.9. The van der Waals surface area contributed by atoms with Gasteiger partial charge in [-0.2, -0.15) is 11.3 Å². The summed E-state index contributed by atoms with van der Waals surface area (Å²) in [5.41, 5.74) is 1.91.